The highest BCUT2D eigenvalue weighted by molar-refractivity contribution is 5.75. The van der Waals surface area contributed by atoms with Gasteiger partial charge in [-0.15, -0.1) is 0 Å². The first-order chi connectivity index (χ1) is 5.16. The zero-order chi connectivity index (χ0) is 8.69. The lowest BCUT2D eigenvalue weighted by atomic mass is 10.3. The lowest BCUT2D eigenvalue weighted by Gasteiger charge is -2.01. The smallest absolute Gasteiger partial charge is 0.332 e. The molecule has 0 atom stereocenters. The quantitative estimate of drug-likeness (QED) is 0.619. The molecular weight excluding hydrogens is 146 g/mol. The molecule has 0 aliphatic rings. The standard InChI is InChI=1S/C7H13NO3/c1-3-4-5-7(10)11-8-6(2)9/h3-5H2,1-2H3,(H,8,9). The fourth-order valence-corrected chi connectivity index (χ4v) is 0.501. The molecule has 0 radical (unpaired) electrons. The molecular formula is C7H13NO3. The highest BCUT2D eigenvalue weighted by Crippen LogP contribution is 1.94. The van der Waals surface area contributed by atoms with Crippen LogP contribution in [0.2, 0.25) is 0 Å². The van der Waals surface area contributed by atoms with Gasteiger partial charge in [0, 0.05) is 13.3 Å². The number of unbranched alkanes of at least 4 members (excludes halogenated alkanes) is 1. The number of rotatable bonds is 3. The average molecular weight is 159 g/mol. The van der Waals surface area contributed by atoms with Crippen molar-refractivity contribution in [3.8, 4) is 0 Å². The predicted molar refractivity (Wildman–Crippen MR) is 39.4 cm³/mol. The van der Waals surface area contributed by atoms with Crippen molar-refractivity contribution in [3.63, 3.8) is 0 Å². The maximum atomic E-state index is 10.7. The molecule has 0 aliphatic carbocycles. The van der Waals surface area contributed by atoms with Gasteiger partial charge >= 0.3 is 5.97 Å². The molecule has 11 heavy (non-hydrogen) atoms. The Hall–Kier alpha value is -1.06. The molecule has 0 aromatic heterocycles. The van der Waals surface area contributed by atoms with E-state index in [2.05, 4.69) is 4.84 Å². The summed E-state index contributed by atoms with van der Waals surface area (Å²) in [6.45, 7) is 3.26. The molecule has 0 spiro atoms. The number of amides is 1. The van der Waals surface area contributed by atoms with Crippen LogP contribution in [0.3, 0.4) is 0 Å². The summed E-state index contributed by atoms with van der Waals surface area (Å²) in [5.74, 6) is -0.753. The second kappa shape index (κ2) is 5.70. The van der Waals surface area contributed by atoms with Crippen LogP contribution < -0.4 is 5.48 Å². The second-order valence-corrected chi connectivity index (χ2v) is 2.24. The van der Waals surface area contributed by atoms with E-state index in [1.54, 1.807) is 0 Å². The summed E-state index contributed by atoms with van der Waals surface area (Å²) < 4.78 is 0. The summed E-state index contributed by atoms with van der Waals surface area (Å²) in [7, 11) is 0. The van der Waals surface area contributed by atoms with Crippen LogP contribution in [0.15, 0.2) is 0 Å². The van der Waals surface area contributed by atoms with E-state index in [1.165, 1.54) is 6.92 Å². The first-order valence-electron chi connectivity index (χ1n) is 3.63. The van der Waals surface area contributed by atoms with Gasteiger partial charge in [-0.3, -0.25) is 4.79 Å². The van der Waals surface area contributed by atoms with Gasteiger partial charge in [0.05, 0.1) is 0 Å². The van der Waals surface area contributed by atoms with Crippen LogP contribution in [0.1, 0.15) is 33.1 Å². The Labute approximate surface area is 65.9 Å². The Morgan fingerprint density at radius 3 is 2.55 bits per heavy atom. The van der Waals surface area contributed by atoms with E-state index in [4.69, 9.17) is 0 Å². The molecule has 4 heteroatoms. The van der Waals surface area contributed by atoms with Crippen LogP contribution in [0.4, 0.5) is 0 Å². The van der Waals surface area contributed by atoms with Crippen molar-refractivity contribution in [1.82, 2.24) is 5.48 Å². The fourth-order valence-electron chi connectivity index (χ4n) is 0.501. The molecule has 0 aliphatic heterocycles. The van der Waals surface area contributed by atoms with Gasteiger partial charge in [-0.05, 0) is 6.42 Å². The van der Waals surface area contributed by atoms with Gasteiger partial charge in [-0.2, -0.15) is 5.48 Å². The molecule has 0 fully saturated rings. The molecule has 1 amide bonds. The van der Waals surface area contributed by atoms with E-state index in [0.29, 0.717) is 6.42 Å². The molecule has 0 rings (SSSR count). The molecule has 1 N–H and O–H groups in total. The lowest BCUT2D eigenvalue weighted by molar-refractivity contribution is -0.157. The zero-order valence-electron chi connectivity index (χ0n) is 6.85. The van der Waals surface area contributed by atoms with Gasteiger partial charge in [0.2, 0.25) is 5.91 Å². The Morgan fingerprint density at radius 2 is 2.09 bits per heavy atom. The first kappa shape index (κ1) is 9.94. The van der Waals surface area contributed by atoms with Gasteiger partial charge in [-0.25, -0.2) is 4.79 Å². The van der Waals surface area contributed by atoms with Crippen LogP contribution in [0, 0.1) is 0 Å². The highest BCUT2D eigenvalue weighted by Gasteiger charge is 2.01. The summed E-state index contributed by atoms with van der Waals surface area (Å²) in [6.07, 6.45) is 2.09. The van der Waals surface area contributed by atoms with Gasteiger partial charge in [-0.1, -0.05) is 13.3 Å². The number of carbonyl (C=O) groups is 2. The van der Waals surface area contributed by atoms with Gasteiger partial charge in [0.1, 0.15) is 0 Å². The number of nitrogens with one attached hydrogen (secondary N) is 1. The molecule has 0 heterocycles. The molecule has 0 saturated carbocycles. The molecule has 64 valence electrons. The van der Waals surface area contributed by atoms with Crippen molar-refractivity contribution >= 4 is 11.9 Å². The predicted octanol–water partition coefficient (Wildman–Crippen LogP) is 0.771. The van der Waals surface area contributed by atoms with Gasteiger partial charge in [0.25, 0.3) is 0 Å². The molecule has 0 saturated heterocycles. The second-order valence-electron chi connectivity index (χ2n) is 2.24. The number of carbonyl (C=O) groups excluding carboxylic acids is 2. The SMILES string of the molecule is CCCCC(=O)ONC(C)=O. The summed E-state index contributed by atoms with van der Waals surface area (Å²) in [4.78, 5) is 25.3. The van der Waals surface area contributed by atoms with Crippen molar-refractivity contribution in [2.24, 2.45) is 0 Å². The van der Waals surface area contributed by atoms with Crippen LogP contribution in [0.25, 0.3) is 0 Å². The van der Waals surface area contributed by atoms with Crippen LogP contribution >= 0.6 is 0 Å². The van der Waals surface area contributed by atoms with E-state index < -0.39 is 0 Å². The topological polar surface area (TPSA) is 55.4 Å². The van der Waals surface area contributed by atoms with E-state index in [9.17, 15) is 9.59 Å². The molecule has 4 nitrogen and oxygen atoms in total. The van der Waals surface area contributed by atoms with Crippen molar-refractivity contribution in [2.45, 2.75) is 33.1 Å². The number of hydrogen-bond acceptors (Lipinski definition) is 3. The third-order valence-electron chi connectivity index (χ3n) is 1.04. The molecule has 0 bridgehead atoms. The maximum Gasteiger partial charge on any atom is 0.332 e. The van der Waals surface area contributed by atoms with Crippen molar-refractivity contribution < 1.29 is 14.4 Å². The minimum atomic E-state index is -0.387. The Bertz CT molecular complexity index is 145. The molecule has 0 unspecified atom stereocenters. The van der Waals surface area contributed by atoms with Gasteiger partial charge < -0.3 is 4.84 Å². The monoisotopic (exact) mass is 159 g/mol. The summed E-state index contributed by atoms with van der Waals surface area (Å²) in [6, 6.07) is 0. The lowest BCUT2D eigenvalue weighted by Crippen LogP contribution is -2.24. The van der Waals surface area contributed by atoms with E-state index >= 15 is 0 Å². The van der Waals surface area contributed by atoms with Crippen LogP contribution in [0.5, 0.6) is 0 Å². The van der Waals surface area contributed by atoms with E-state index in [0.717, 1.165) is 12.8 Å². The van der Waals surface area contributed by atoms with Gasteiger partial charge in [0.15, 0.2) is 0 Å². The molecule has 0 aromatic rings. The van der Waals surface area contributed by atoms with Crippen LogP contribution in [-0.4, -0.2) is 11.9 Å². The normalized spacial score (nSPS) is 8.91. The Balaban J connectivity index is 3.30. The Kier molecular flexibility index (Phi) is 5.15. The summed E-state index contributed by atoms with van der Waals surface area (Å²) >= 11 is 0. The average Bonchev–Trinajstić information content (AvgIpc) is 1.97. The van der Waals surface area contributed by atoms with Crippen LogP contribution in [-0.2, 0) is 14.4 Å². The third-order valence-corrected chi connectivity index (χ3v) is 1.04. The van der Waals surface area contributed by atoms with Crippen molar-refractivity contribution in [1.29, 1.82) is 0 Å². The Morgan fingerprint density at radius 1 is 1.45 bits per heavy atom. The van der Waals surface area contributed by atoms with E-state index in [-0.39, 0.29) is 11.9 Å². The van der Waals surface area contributed by atoms with Crippen molar-refractivity contribution in [3.05, 3.63) is 0 Å². The van der Waals surface area contributed by atoms with Crippen molar-refractivity contribution in [2.75, 3.05) is 0 Å². The summed E-state index contributed by atoms with van der Waals surface area (Å²) in [5, 5.41) is 0. The fraction of sp³-hybridized carbons (Fsp3) is 0.714. The van der Waals surface area contributed by atoms with E-state index in [1.807, 2.05) is 12.4 Å². The largest absolute Gasteiger partial charge is 0.341 e. The minimum absolute atomic E-state index is 0.358. The first-order valence-corrected chi connectivity index (χ1v) is 3.63. The number of hydroxylamine groups is 1. The minimum Gasteiger partial charge on any atom is -0.341 e. The third kappa shape index (κ3) is 6.83. The molecule has 0 aromatic carbocycles. The summed E-state index contributed by atoms with van der Waals surface area (Å²) in [5.41, 5.74) is 1.97. The number of hydrogen-bond donors (Lipinski definition) is 1. The zero-order valence-corrected chi connectivity index (χ0v) is 6.85. The highest BCUT2D eigenvalue weighted by atomic mass is 16.7. The maximum absolute atomic E-state index is 10.7.